The number of rotatable bonds is 6. The van der Waals surface area contributed by atoms with E-state index >= 15 is 0 Å². The van der Waals surface area contributed by atoms with E-state index in [0.717, 1.165) is 31.4 Å². The van der Waals surface area contributed by atoms with E-state index in [-0.39, 0.29) is 0 Å². The Morgan fingerprint density at radius 3 is 2.83 bits per heavy atom. The van der Waals surface area contributed by atoms with Crippen molar-refractivity contribution in [2.24, 2.45) is 0 Å². The van der Waals surface area contributed by atoms with Crippen molar-refractivity contribution >= 4 is 0 Å². The Labute approximate surface area is 108 Å². The minimum Gasteiger partial charge on any atom is -0.384 e. The molecule has 1 aliphatic rings. The number of methoxy groups -OCH3 is 1. The molecule has 1 aromatic heterocycles. The first-order valence-electron chi connectivity index (χ1n) is 6.58. The number of ether oxygens (including phenoxy) is 2. The molecule has 1 saturated carbocycles. The maximum Gasteiger partial charge on any atom is 0.139 e. The molecule has 1 fully saturated rings. The molecule has 1 aliphatic carbocycles. The lowest BCUT2D eigenvalue weighted by atomic mass is 9.82. The molecule has 1 aromatic rings. The zero-order chi connectivity index (χ0) is 12.8. The summed E-state index contributed by atoms with van der Waals surface area (Å²) in [5.74, 6) is 0. The molecule has 102 valence electrons. The predicted molar refractivity (Wildman–Crippen MR) is 67.0 cm³/mol. The van der Waals surface area contributed by atoms with Crippen LogP contribution in [0.15, 0.2) is 12.3 Å². The van der Waals surface area contributed by atoms with Gasteiger partial charge in [-0.15, -0.1) is 0 Å². The van der Waals surface area contributed by atoms with Crippen molar-refractivity contribution in [3.05, 3.63) is 18.0 Å². The summed E-state index contributed by atoms with van der Waals surface area (Å²) in [6.45, 7) is 1.48. The van der Waals surface area contributed by atoms with Crippen molar-refractivity contribution < 1.29 is 14.6 Å². The molecule has 0 spiro atoms. The van der Waals surface area contributed by atoms with Gasteiger partial charge >= 0.3 is 0 Å². The normalized spacial score (nSPS) is 19.0. The van der Waals surface area contributed by atoms with Gasteiger partial charge in [0.05, 0.1) is 18.9 Å². The summed E-state index contributed by atoms with van der Waals surface area (Å²) in [5, 5.41) is 14.9. The van der Waals surface area contributed by atoms with Crippen LogP contribution in [0.2, 0.25) is 0 Å². The highest BCUT2D eigenvalue weighted by atomic mass is 16.5. The van der Waals surface area contributed by atoms with Gasteiger partial charge in [-0.05, 0) is 18.9 Å². The summed E-state index contributed by atoms with van der Waals surface area (Å²) < 4.78 is 12.1. The average Bonchev–Trinajstić information content (AvgIpc) is 2.85. The lowest BCUT2D eigenvalue weighted by Crippen LogP contribution is -2.32. The molecule has 1 heterocycles. The molecule has 0 aromatic carbocycles. The van der Waals surface area contributed by atoms with Crippen LogP contribution in [-0.4, -0.2) is 35.2 Å². The van der Waals surface area contributed by atoms with Crippen molar-refractivity contribution in [1.82, 2.24) is 9.78 Å². The van der Waals surface area contributed by atoms with Crippen molar-refractivity contribution in [2.45, 2.75) is 44.4 Å². The van der Waals surface area contributed by atoms with Crippen molar-refractivity contribution in [3.8, 4) is 0 Å². The van der Waals surface area contributed by atoms with Crippen LogP contribution in [0.25, 0.3) is 0 Å². The lowest BCUT2D eigenvalue weighted by Gasteiger charge is -2.32. The maximum atomic E-state index is 10.7. The first kappa shape index (κ1) is 13.5. The minimum atomic E-state index is -0.723. The monoisotopic (exact) mass is 254 g/mol. The summed E-state index contributed by atoms with van der Waals surface area (Å²) in [4.78, 5) is 0. The fraction of sp³-hybridized carbons (Fsp3) is 0.769. The van der Waals surface area contributed by atoms with Gasteiger partial charge in [0.2, 0.25) is 0 Å². The van der Waals surface area contributed by atoms with Gasteiger partial charge in [0.1, 0.15) is 12.3 Å². The standard InChI is InChI=1S/C13H22N2O3/c1-17-9-10-18-11-15-12(5-8-14-15)13(16)6-3-2-4-7-13/h5,8,16H,2-4,6-7,9-11H2,1H3. The minimum absolute atomic E-state index is 0.369. The zero-order valence-corrected chi connectivity index (χ0v) is 11.0. The third-order valence-corrected chi connectivity index (χ3v) is 3.52. The highest BCUT2D eigenvalue weighted by Crippen LogP contribution is 2.36. The molecule has 1 N–H and O–H groups in total. The van der Waals surface area contributed by atoms with Gasteiger partial charge in [0, 0.05) is 13.3 Å². The van der Waals surface area contributed by atoms with Crippen LogP contribution in [0.1, 0.15) is 37.8 Å². The van der Waals surface area contributed by atoms with E-state index in [4.69, 9.17) is 9.47 Å². The summed E-state index contributed by atoms with van der Waals surface area (Å²) in [6, 6.07) is 1.89. The molecule has 0 amide bonds. The molecular formula is C13H22N2O3. The van der Waals surface area contributed by atoms with Crippen LogP contribution < -0.4 is 0 Å². The van der Waals surface area contributed by atoms with E-state index in [2.05, 4.69) is 5.10 Å². The fourth-order valence-corrected chi connectivity index (χ4v) is 2.52. The number of nitrogens with zero attached hydrogens (tertiary/aromatic N) is 2. The first-order chi connectivity index (χ1) is 8.76. The van der Waals surface area contributed by atoms with E-state index in [9.17, 15) is 5.11 Å². The second kappa shape index (κ2) is 6.31. The molecule has 18 heavy (non-hydrogen) atoms. The van der Waals surface area contributed by atoms with Crippen molar-refractivity contribution in [1.29, 1.82) is 0 Å². The Hall–Kier alpha value is -0.910. The molecule has 5 nitrogen and oxygen atoms in total. The van der Waals surface area contributed by atoms with E-state index in [0.29, 0.717) is 19.9 Å². The van der Waals surface area contributed by atoms with E-state index in [1.165, 1.54) is 6.42 Å². The van der Waals surface area contributed by atoms with Gasteiger partial charge in [-0.3, -0.25) is 0 Å². The fourth-order valence-electron chi connectivity index (χ4n) is 2.52. The molecule has 0 radical (unpaired) electrons. The van der Waals surface area contributed by atoms with Crippen LogP contribution in [0.3, 0.4) is 0 Å². The van der Waals surface area contributed by atoms with Gasteiger partial charge in [-0.1, -0.05) is 19.3 Å². The van der Waals surface area contributed by atoms with Crippen LogP contribution >= 0.6 is 0 Å². The summed E-state index contributed by atoms with van der Waals surface area (Å²) in [5.41, 5.74) is 0.152. The molecule has 0 bridgehead atoms. The summed E-state index contributed by atoms with van der Waals surface area (Å²) in [7, 11) is 1.65. The molecule has 0 unspecified atom stereocenters. The second-order valence-electron chi connectivity index (χ2n) is 4.84. The Kier molecular flexibility index (Phi) is 4.74. The average molecular weight is 254 g/mol. The molecule has 0 atom stereocenters. The largest absolute Gasteiger partial charge is 0.384 e. The van der Waals surface area contributed by atoms with Gasteiger partial charge in [0.25, 0.3) is 0 Å². The van der Waals surface area contributed by atoms with Crippen molar-refractivity contribution in [2.75, 3.05) is 20.3 Å². The Morgan fingerprint density at radius 1 is 1.33 bits per heavy atom. The summed E-state index contributed by atoms with van der Waals surface area (Å²) in [6.07, 6.45) is 6.72. The Morgan fingerprint density at radius 2 is 2.11 bits per heavy atom. The number of aliphatic hydroxyl groups is 1. The quantitative estimate of drug-likeness (QED) is 0.784. The third kappa shape index (κ3) is 3.10. The van der Waals surface area contributed by atoms with Gasteiger partial charge < -0.3 is 14.6 Å². The second-order valence-corrected chi connectivity index (χ2v) is 4.84. The highest BCUT2D eigenvalue weighted by molar-refractivity contribution is 5.12. The van der Waals surface area contributed by atoms with Gasteiger partial charge in [-0.25, -0.2) is 4.68 Å². The predicted octanol–water partition coefficient (Wildman–Crippen LogP) is 1.66. The number of aromatic nitrogens is 2. The lowest BCUT2D eigenvalue weighted by molar-refractivity contribution is -0.0225. The van der Waals surface area contributed by atoms with E-state index in [1.54, 1.807) is 18.0 Å². The van der Waals surface area contributed by atoms with E-state index in [1.807, 2.05) is 6.07 Å². The molecule has 2 rings (SSSR count). The number of hydrogen-bond donors (Lipinski definition) is 1. The van der Waals surface area contributed by atoms with Crippen LogP contribution in [0.4, 0.5) is 0 Å². The summed E-state index contributed by atoms with van der Waals surface area (Å²) >= 11 is 0. The first-order valence-corrected chi connectivity index (χ1v) is 6.58. The van der Waals surface area contributed by atoms with Crippen LogP contribution in [0.5, 0.6) is 0 Å². The van der Waals surface area contributed by atoms with Crippen molar-refractivity contribution in [3.63, 3.8) is 0 Å². The topological polar surface area (TPSA) is 56.5 Å². The Bertz CT molecular complexity index is 359. The highest BCUT2D eigenvalue weighted by Gasteiger charge is 2.34. The molecular weight excluding hydrogens is 232 g/mol. The number of hydrogen-bond acceptors (Lipinski definition) is 4. The SMILES string of the molecule is COCCOCn1nccc1C1(O)CCCCC1. The Balaban J connectivity index is 1.98. The molecule has 5 heteroatoms. The van der Waals surface area contributed by atoms with Crippen LogP contribution in [-0.2, 0) is 21.8 Å². The van der Waals surface area contributed by atoms with E-state index < -0.39 is 5.60 Å². The molecule has 0 saturated heterocycles. The third-order valence-electron chi connectivity index (χ3n) is 3.52. The maximum absolute atomic E-state index is 10.7. The smallest absolute Gasteiger partial charge is 0.139 e. The molecule has 0 aliphatic heterocycles. The van der Waals surface area contributed by atoms with Gasteiger partial charge in [0.15, 0.2) is 0 Å². The van der Waals surface area contributed by atoms with Gasteiger partial charge in [-0.2, -0.15) is 5.10 Å². The zero-order valence-electron chi connectivity index (χ0n) is 11.0. The van der Waals surface area contributed by atoms with Crippen LogP contribution in [0, 0.1) is 0 Å².